The first-order valence-corrected chi connectivity index (χ1v) is 6.66. The summed E-state index contributed by atoms with van der Waals surface area (Å²) in [7, 11) is 0. The number of nitrogens with zero attached hydrogens (tertiary/aromatic N) is 3. The van der Waals surface area contributed by atoms with Crippen molar-refractivity contribution in [1.82, 2.24) is 9.97 Å². The van der Waals surface area contributed by atoms with Gasteiger partial charge in [-0.05, 0) is 12.1 Å². The maximum Gasteiger partial charge on any atom is 0.128 e. The Hall–Kier alpha value is -2.45. The molecule has 0 aliphatic carbocycles. The van der Waals surface area contributed by atoms with Crippen LogP contribution in [0.5, 0.6) is 0 Å². The minimum absolute atomic E-state index is 0.636. The number of fused-ring (bicyclic) bond motifs is 1. The van der Waals surface area contributed by atoms with Crippen LogP contribution in [-0.4, -0.2) is 9.97 Å². The third-order valence-electron chi connectivity index (χ3n) is 2.76. The molecule has 0 saturated heterocycles. The smallest absolute Gasteiger partial charge is 0.128 e. The number of hydrogen-bond acceptors (Lipinski definition) is 5. The number of benzene rings is 1. The third kappa shape index (κ3) is 2.39. The number of pyridine rings is 1. The lowest BCUT2D eigenvalue weighted by Gasteiger charge is -2.06. The van der Waals surface area contributed by atoms with Crippen LogP contribution in [0.4, 0.5) is 5.82 Å². The number of hydrogen-bond donors (Lipinski definition) is 1. The van der Waals surface area contributed by atoms with Crippen LogP contribution in [0.1, 0.15) is 10.4 Å². The molecule has 0 fully saturated rings. The van der Waals surface area contributed by atoms with Gasteiger partial charge in [0.15, 0.2) is 0 Å². The molecule has 0 radical (unpaired) electrons. The molecule has 5 heteroatoms. The minimum atomic E-state index is 0.636. The average molecular weight is 266 g/mol. The number of anilines is 1. The average Bonchev–Trinajstić information content (AvgIpc) is 2.97. The van der Waals surface area contributed by atoms with E-state index in [1.54, 1.807) is 22.9 Å². The number of rotatable bonds is 3. The zero-order chi connectivity index (χ0) is 13.1. The van der Waals surface area contributed by atoms with Gasteiger partial charge in [0, 0.05) is 16.5 Å². The van der Waals surface area contributed by atoms with Gasteiger partial charge in [-0.25, -0.2) is 4.98 Å². The summed E-state index contributed by atoms with van der Waals surface area (Å²) < 4.78 is 0. The standard InChI is InChI=1S/C14H10N4S/c15-6-10-5-14(17-8-11-7-16-9-19-11)18-13-4-2-1-3-12(10)13/h1-5,7,9H,8H2,(H,17,18). The lowest BCUT2D eigenvalue weighted by molar-refractivity contribution is 1.14. The molecule has 0 spiro atoms. The highest BCUT2D eigenvalue weighted by atomic mass is 32.1. The van der Waals surface area contributed by atoms with Crippen LogP contribution in [0.2, 0.25) is 0 Å². The van der Waals surface area contributed by atoms with E-state index < -0.39 is 0 Å². The fraction of sp³-hybridized carbons (Fsp3) is 0.0714. The lowest BCUT2D eigenvalue weighted by Crippen LogP contribution is -2.00. The lowest BCUT2D eigenvalue weighted by atomic mass is 10.1. The van der Waals surface area contributed by atoms with E-state index in [1.165, 1.54) is 0 Å². The highest BCUT2D eigenvalue weighted by Crippen LogP contribution is 2.20. The molecule has 0 saturated carbocycles. The van der Waals surface area contributed by atoms with Crippen molar-refractivity contribution in [3.8, 4) is 6.07 Å². The Balaban J connectivity index is 1.94. The summed E-state index contributed by atoms with van der Waals surface area (Å²) in [6.07, 6.45) is 1.82. The van der Waals surface area contributed by atoms with Crippen molar-refractivity contribution >= 4 is 28.1 Å². The van der Waals surface area contributed by atoms with Crippen molar-refractivity contribution in [2.45, 2.75) is 6.54 Å². The number of para-hydroxylation sites is 1. The topological polar surface area (TPSA) is 61.6 Å². The van der Waals surface area contributed by atoms with Gasteiger partial charge in [-0.2, -0.15) is 5.26 Å². The Morgan fingerprint density at radius 2 is 2.21 bits per heavy atom. The molecular weight excluding hydrogens is 256 g/mol. The van der Waals surface area contributed by atoms with Gasteiger partial charge < -0.3 is 5.32 Å². The molecule has 0 atom stereocenters. The monoisotopic (exact) mass is 266 g/mol. The van der Waals surface area contributed by atoms with Crippen molar-refractivity contribution in [3.63, 3.8) is 0 Å². The largest absolute Gasteiger partial charge is 0.365 e. The van der Waals surface area contributed by atoms with Crippen LogP contribution in [0.15, 0.2) is 42.0 Å². The normalized spacial score (nSPS) is 10.3. The Labute approximate surface area is 114 Å². The zero-order valence-corrected chi connectivity index (χ0v) is 10.8. The van der Waals surface area contributed by atoms with Crippen molar-refractivity contribution < 1.29 is 0 Å². The molecule has 0 aliphatic rings. The van der Waals surface area contributed by atoms with Crippen LogP contribution in [0, 0.1) is 11.3 Å². The van der Waals surface area contributed by atoms with Crippen molar-refractivity contribution in [1.29, 1.82) is 5.26 Å². The van der Waals surface area contributed by atoms with Gasteiger partial charge in [-0.15, -0.1) is 11.3 Å². The first-order chi connectivity index (χ1) is 9.36. The van der Waals surface area contributed by atoms with Crippen LogP contribution in [-0.2, 0) is 6.54 Å². The quantitative estimate of drug-likeness (QED) is 0.791. The molecule has 0 aliphatic heterocycles. The first-order valence-electron chi connectivity index (χ1n) is 5.78. The predicted molar refractivity (Wildman–Crippen MR) is 75.9 cm³/mol. The van der Waals surface area contributed by atoms with E-state index in [4.69, 9.17) is 0 Å². The Morgan fingerprint density at radius 3 is 3.00 bits per heavy atom. The molecule has 0 bridgehead atoms. The van der Waals surface area contributed by atoms with Gasteiger partial charge in [0.1, 0.15) is 5.82 Å². The number of nitrogens with one attached hydrogen (secondary N) is 1. The van der Waals surface area contributed by atoms with E-state index in [2.05, 4.69) is 21.4 Å². The second kappa shape index (κ2) is 5.04. The first kappa shape index (κ1) is 11.6. The predicted octanol–water partition coefficient (Wildman–Crippen LogP) is 3.18. The van der Waals surface area contributed by atoms with Gasteiger partial charge in [-0.1, -0.05) is 18.2 Å². The molecule has 1 N–H and O–H groups in total. The molecule has 1 aromatic carbocycles. The van der Waals surface area contributed by atoms with Crippen LogP contribution in [0.3, 0.4) is 0 Å². The summed E-state index contributed by atoms with van der Waals surface area (Å²) in [5, 5.41) is 13.3. The van der Waals surface area contributed by atoms with E-state index in [9.17, 15) is 5.26 Å². The molecule has 2 heterocycles. The molecule has 0 unspecified atom stereocenters. The maximum atomic E-state index is 9.20. The van der Waals surface area contributed by atoms with E-state index in [1.807, 2.05) is 30.5 Å². The minimum Gasteiger partial charge on any atom is -0.365 e. The summed E-state index contributed by atoms with van der Waals surface area (Å²) >= 11 is 1.59. The van der Waals surface area contributed by atoms with Crippen molar-refractivity contribution in [3.05, 3.63) is 52.5 Å². The third-order valence-corrected chi connectivity index (χ3v) is 3.54. The van der Waals surface area contributed by atoms with Crippen molar-refractivity contribution in [2.24, 2.45) is 0 Å². The van der Waals surface area contributed by atoms with Crippen LogP contribution < -0.4 is 5.32 Å². The summed E-state index contributed by atoms with van der Waals surface area (Å²) in [5.41, 5.74) is 3.26. The molecule has 3 rings (SSSR count). The van der Waals surface area contributed by atoms with E-state index in [0.29, 0.717) is 17.9 Å². The second-order valence-electron chi connectivity index (χ2n) is 4.01. The van der Waals surface area contributed by atoms with E-state index >= 15 is 0 Å². The Bertz CT molecular complexity index is 744. The molecule has 92 valence electrons. The van der Waals surface area contributed by atoms with E-state index in [0.717, 1.165) is 15.8 Å². The fourth-order valence-corrected chi connectivity index (χ4v) is 2.40. The summed E-state index contributed by atoms with van der Waals surface area (Å²) in [6, 6.07) is 11.6. The fourth-order valence-electron chi connectivity index (χ4n) is 1.87. The van der Waals surface area contributed by atoms with Gasteiger partial charge in [0.25, 0.3) is 0 Å². The van der Waals surface area contributed by atoms with Crippen LogP contribution >= 0.6 is 11.3 Å². The molecule has 4 nitrogen and oxygen atoms in total. The molecular formula is C14H10N4S. The molecule has 2 aromatic heterocycles. The van der Waals surface area contributed by atoms with Gasteiger partial charge in [0.2, 0.25) is 0 Å². The molecule has 0 amide bonds. The maximum absolute atomic E-state index is 9.20. The Kier molecular flexibility index (Phi) is 3.09. The molecule has 19 heavy (non-hydrogen) atoms. The molecule has 3 aromatic rings. The summed E-state index contributed by atoms with van der Waals surface area (Å²) in [6.45, 7) is 0.668. The Morgan fingerprint density at radius 1 is 1.32 bits per heavy atom. The van der Waals surface area contributed by atoms with Crippen LogP contribution in [0.25, 0.3) is 10.9 Å². The van der Waals surface area contributed by atoms with Gasteiger partial charge in [0.05, 0.1) is 29.2 Å². The number of nitriles is 1. The van der Waals surface area contributed by atoms with Crippen molar-refractivity contribution in [2.75, 3.05) is 5.32 Å². The highest BCUT2D eigenvalue weighted by molar-refractivity contribution is 7.09. The SMILES string of the molecule is N#Cc1cc(NCc2cncs2)nc2ccccc12. The number of thiazole rings is 1. The zero-order valence-electron chi connectivity index (χ0n) is 10.00. The second-order valence-corrected chi connectivity index (χ2v) is 4.98. The van der Waals surface area contributed by atoms with Gasteiger partial charge in [-0.3, -0.25) is 4.98 Å². The highest BCUT2D eigenvalue weighted by Gasteiger charge is 2.05. The number of aromatic nitrogens is 2. The van der Waals surface area contributed by atoms with Gasteiger partial charge >= 0.3 is 0 Å². The summed E-state index contributed by atoms with van der Waals surface area (Å²) in [4.78, 5) is 9.66. The van der Waals surface area contributed by atoms with E-state index in [-0.39, 0.29) is 0 Å². The summed E-state index contributed by atoms with van der Waals surface area (Å²) in [5.74, 6) is 0.712.